The smallest absolute Gasteiger partial charge is 0.263 e. The molecule has 1 aromatic carbocycles. The van der Waals surface area contributed by atoms with Crippen LogP contribution in [0.5, 0.6) is 0 Å². The number of hydrogen-bond donors (Lipinski definition) is 3. The lowest BCUT2D eigenvalue weighted by Gasteiger charge is -2.21. The molecule has 9 heteroatoms. The van der Waals surface area contributed by atoms with E-state index < -0.39 is 28.0 Å². The molecule has 3 N–H and O–H groups in total. The van der Waals surface area contributed by atoms with Gasteiger partial charge in [0, 0.05) is 12.1 Å². The second-order valence-electron chi connectivity index (χ2n) is 6.53. The van der Waals surface area contributed by atoms with Crippen molar-refractivity contribution in [2.45, 2.75) is 51.1 Å². The van der Waals surface area contributed by atoms with Crippen LogP contribution in [0.4, 0.5) is 0 Å². The molecule has 0 bridgehead atoms. The Morgan fingerprint density at radius 3 is 2.44 bits per heavy atom. The zero-order valence-corrected chi connectivity index (χ0v) is 16.8. The maximum absolute atomic E-state index is 12.7. The molecule has 0 radical (unpaired) electrons. The number of carbonyl (C=O) groups is 2. The lowest BCUT2D eigenvalue weighted by Crippen LogP contribution is -2.49. The van der Waals surface area contributed by atoms with Gasteiger partial charge in [-0.3, -0.25) is 19.3 Å². The highest BCUT2D eigenvalue weighted by Gasteiger charge is 2.33. The third-order valence-corrected chi connectivity index (χ3v) is 5.88. The summed E-state index contributed by atoms with van der Waals surface area (Å²) in [6, 6.07) is 4.96. The molecule has 8 nitrogen and oxygen atoms in total. The summed E-state index contributed by atoms with van der Waals surface area (Å²) in [5.41, 5.74) is 0.440. The molecule has 0 fully saturated rings. The molecular formula is C18H26N4O4S. The van der Waals surface area contributed by atoms with Crippen molar-refractivity contribution in [2.24, 2.45) is 10.9 Å². The van der Waals surface area contributed by atoms with Crippen LogP contribution in [0.2, 0.25) is 0 Å². The molecule has 2 rings (SSSR count). The SMILES string of the molecule is CCNC(=O)[C@H](C)NC(=O)[C@H](N=C1NS(=O)(=O)c2ccccc21)[C@@H](C)CC. The predicted molar refractivity (Wildman–Crippen MR) is 103 cm³/mol. The lowest BCUT2D eigenvalue weighted by atomic mass is 9.98. The molecule has 27 heavy (non-hydrogen) atoms. The number of hydrogen-bond acceptors (Lipinski definition) is 5. The standard InChI is InChI=1S/C18H26N4O4S/c1-5-11(3)15(18(24)20-12(4)17(23)19-6-2)21-16-13-9-7-8-10-14(13)27(25,26)22-16/h7-12,15H,5-6H2,1-4H3,(H,19,23)(H,20,24)(H,21,22)/t11-,12-,15+/m0/s1. The zero-order chi connectivity index (χ0) is 20.2. The van der Waals surface area contributed by atoms with Crippen LogP contribution in [0.25, 0.3) is 0 Å². The largest absolute Gasteiger partial charge is 0.355 e. The van der Waals surface area contributed by atoms with E-state index in [2.05, 4.69) is 20.3 Å². The van der Waals surface area contributed by atoms with Gasteiger partial charge in [-0.1, -0.05) is 32.4 Å². The average Bonchev–Trinajstić information content (AvgIpc) is 2.89. The Morgan fingerprint density at radius 1 is 1.15 bits per heavy atom. The number of benzene rings is 1. The summed E-state index contributed by atoms with van der Waals surface area (Å²) in [6.07, 6.45) is 0.665. The summed E-state index contributed by atoms with van der Waals surface area (Å²) in [6.45, 7) is 7.64. The molecule has 0 aliphatic carbocycles. The van der Waals surface area contributed by atoms with Gasteiger partial charge in [-0.15, -0.1) is 0 Å². The van der Waals surface area contributed by atoms with Crippen LogP contribution in [0.15, 0.2) is 34.2 Å². The number of sulfonamides is 1. The predicted octanol–water partition coefficient (Wildman–Crippen LogP) is 0.781. The maximum atomic E-state index is 12.7. The second-order valence-corrected chi connectivity index (χ2v) is 8.19. The number of rotatable bonds is 7. The van der Waals surface area contributed by atoms with Gasteiger partial charge in [0.25, 0.3) is 10.0 Å². The molecule has 1 aliphatic rings. The number of amides is 2. The van der Waals surface area contributed by atoms with E-state index in [1.165, 1.54) is 6.07 Å². The highest BCUT2D eigenvalue weighted by atomic mass is 32.2. The normalized spacial score (nSPS) is 19.5. The number of fused-ring (bicyclic) bond motifs is 1. The van der Waals surface area contributed by atoms with Gasteiger partial charge < -0.3 is 10.6 Å². The number of likely N-dealkylation sites (N-methyl/N-ethyl adjacent to an activating group) is 1. The topological polar surface area (TPSA) is 117 Å². The van der Waals surface area contributed by atoms with Gasteiger partial charge in [-0.25, -0.2) is 8.42 Å². The van der Waals surface area contributed by atoms with Crippen molar-refractivity contribution in [3.63, 3.8) is 0 Å². The molecule has 0 spiro atoms. The molecule has 1 heterocycles. The van der Waals surface area contributed by atoms with Gasteiger partial charge in [-0.05, 0) is 31.9 Å². The first-order chi connectivity index (χ1) is 12.7. The third kappa shape index (κ3) is 4.65. The zero-order valence-electron chi connectivity index (χ0n) is 15.9. The molecule has 3 atom stereocenters. The molecular weight excluding hydrogens is 368 g/mol. The number of aliphatic imine (C=N–C) groups is 1. The van der Waals surface area contributed by atoms with Crippen LogP contribution in [-0.2, 0) is 19.6 Å². The minimum absolute atomic E-state index is 0.141. The van der Waals surface area contributed by atoms with E-state index in [1.54, 1.807) is 32.0 Å². The third-order valence-electron chi connectivity index (χ3n) is 4.49. The molecule has 1 aliphatic heterocycles. The van der Waals surface area contributed by atoms with E-state index >= 15 is 0 Å². The Kier molecular flexibility index (Phi) is 6.59. The van der Waals surface area contributed by atoms with E-state index in [4.69, 9.17) is 0 Å². The summed E-state index contributed by atoms with van der Waals surface area (Å²) in [5, 5.41) is 5.31. The Bertz CT molecular complexity index is 851. The minimum atomic E-state index is -3.68. The Hall–Kier alpha value is -2.42. The first kappa shape index (κ1) is 20.9. The van der Waals surface area contributed by atoms with Gasteiger partial charge in [0.1, 0.15) is 17.9 Å². The lowest BCUT2D eigenvalue weighted by molar-refractivity contribution is -0.129. The van der Waals surface area contributed by atoms with Crippen molar-refractivity contribution in [2.75, 3.05) is 6.54 Å². The molecule has 2 amide bonds. The van der Waals surface area contributed by atoms with Crippen molar-refractivity contribution >= 4 is 27.7 Å². The number of amidine groups is 1. The molecule has 0 saturated carbocycles. The van der Waals surface area contributed by atoms with E-state index in [0.29, 0.717) is 18.5 Å². The van der Waals surface area contributed by atoms with Crippen molar-refractivity contribution < 1.29 is 18.0 Å². The van der Waals surface area contributed by atoms with Gasteiger partial charge in [0.2, 0.25) is 11.8 Å². The van der Waals surface area contributed by atoms with Crippen molar-refractivity contribution in [3.8, 4) is 0 Å². The van der Waals surface area contributed by atoms with Crippen molar-refractivity contribution in [1.29, 1.82) is 0 Å². The highest BCUT2D eigenvalue weighted by Crippen LogP contribution is 2.24. The Morgan fingerprint density at radius 2 is 1.81 bits per heavy atom. The van der Waals surface area contributed by atoms with Gasteiger partial charge in [0.05, 0.1) is 4.90 Å². The summed E-state index contributed by atoms with van der Waals surface area (Å²) < 4.78 is 26.9. The highest BCUT2D eigenvalue weighted by molar-refractivity contribution is 7.90. The van der Waals surface area contributed by atoms with Crippen LogP contribution in [0.1, 0.15) is 39.7 Å². The van der Waals surface area contributed by atoms with Crippen molar-refractivity contribution in [3.05, 3.63) is 29.8 Å². The second kappa shape index (κ2) is 8.51. The monoisotopic (exact) mass is 394 g/mol. The molecule has 0 unspecified atom stereocenters. The summed E-state index contributed by atoms with van der Waals surface area (Å²) in [7, 11) is -3.68. The molecule has 0 aromatic heterocycles. The van der Waals surface area contributed by atoms with E-state index in [1.807, 2.05) is 13.8 Å². The molecule has 0 saturated heterocycles. The number of carbonyl (C=O) groups excluding carboxylic acids is 2. The van der Waals surface area contributed by atoms with E-state index in [-0.39, 0.29) is 22.6 Å². The summed E-state index contributed by atoms with van der Waals surface area (Å²) in [4.78, 5) is 29.2. The van der Waals surface area contributed by atoms with E-state index in [9.17, 15) is 18.0 Å². The molecule has 148 valence electrons. The summed E-state index contributed by atoms with van der Waals surface area (Å²) >= 11 is 0. The maximum Gasteiger partial charge on any atom is 0.263 e. The first-order valence-electron chi connectivity index (χ1n) is 8.99. The fraction of sp³-hybridized carbons (Fsp3) is 0.500. The minimum Gasteiger partial charge on any atom is -0.355 e. The van der Waals surface area contributed by atoms with Crippen LogP contribution in [0.3, 0.4) is 0 Å². The molecule has 1 aromatic rings. The fourth-order valence-electron chi connectivity index (χ4n) is 2.73. The quantitative estimate of drug-likeness (QED) is 0.633. The number of nitrogens with one attached hydrogen (secondary N) is 3. The van der Waals surface area contributed by atoms with Crippen LogP contribution >= 0.6 is 0 Å². The van der Waals surface area contributed by atoms with Crippen LogP contribution in [-0.4, -0.2) is 44.7 Å². The number of nitrogens with zero attached hydrogens (tertiary/aromatic N) is 1. The average molecular weight is 394 g/mol. The van der Waals surface area contributed by atoms with Crippen LogP contribution < -0.4 is 15.4 Å². The van der Waals surface area contributed by atoms with Gasteiger partial charge in [0.15, 0.2) is 0 Å². The van der Waals surface area contributed by atoms with Gasteiger partial charge in [-0.2, -0.15) is 0 Å². The van der Waals surface area contributed by atoms with Crippen molar-refractivity contribution in [1.82, 2.24) is 15.4 Å². The Balaban J connectivity index is 2.32. The fourth-order valence-corrected chi connectivity index (χ4v) is 3.97. The summed E-state index contributed by atoms with van der Waals surface area (Å²) in [5.74, 6) is -0.694. The first-order valence-corrected chi connectivity index (χ1v) is 10.5. The van der Waals surface area contributed by atoms with E-state index in [0.717, 1.165) is 0 Å². The Labute approximate surface area is 159 Å². The van der Waals surface area contributed by atoms with Gasteiger partial charge >= 0.3 is 0 Å². The van der Waals surface area contributed by atoms with Crippen LogP contribution in [0, 0.1) is 5.92 Å².